The van der Waals surface area contributed by atoms with Crippen molar-refractivity contribution >= 4 is 17.4 Å². The van der Waals surface area contributed by atoms with Crippen molar-refractivity contribution in [2.24, 2.45) is 0 Å². The molecule has 0 spiro atoms. The highest BCUT2D eigenvalue weighted by molar-refractivity contribution is 6.46. The van der Waals surface area contributed by atoms with Gasteiger partial charge in [-0.05, 0) is 48.4 Å². The van der Waals surface area contributed by atoms with Gasteiger partial charge in [0.15, 0.2) is 0 Å². The van der Waals surface area contributed by atoms with E-state index in [0.717, 1.165) is 6.42 Å². The second-order valence-corrected chi connectivity index (χ2v) is 6.64. The van der Waals surface area contributed by atoms with Gasteiger partial charge in [-0.1, -0.05) is 6.92 Å². The van der Waals surface area contributed by atoms with Crippen LogP contribution in [0.4, 0.5) is 0 Å². The van der Waals surface area contributed by atoms with E-state index in [1.807, 2.05) is 6.92 Å². The smallest absolute Gasteiger partial charge is 0.295 e. The zero-order valence-corrected chi connectivity index (χ0v) is 16.5. The molecule has 0 radical (unpaired) electrons. The number of carbonyl (C=O) groups excluding carboxylic acids is 2. The highest BCUT2D eigenvalue weighted by Crippen LogP contribution is 2.39. The molecule has 2 heterocycles. The number of hydrogen-bond donors (Lipinski definition) is 1. The summed E-state index contributed by atoms with van der Waals surface area (Å²) < 4.78 is 10.6. The zero-order chi connectivity index (χ0) is 20.8. The number of amides is 1. The number of rotatable bonds is 8. The maximum Gasteiger partial charge on any atom is 0.295 e. The van der Waals surface area contributed by atoms with E-state index in [9.17, 15) is 14.7 Å². The Hall–Kier alpha value is -3.19. The van der Waals surface area contributed by atoms with E-state index in [1.165, 1.54) is 12.0 Å². The van der Waals surface area contributed by atoms with Crippen molar-refractivity contribution in [2.75, 3.05) is 26.9 Å². The van der Waals surface area contributed by atoms with Crippen LogP contribution >= 0.6 is 0 Å². The predicted octanol–water partition coefficient (Wildman–Crippen LogP) is 2.94. The Morgan fingerprint density at radius 1 is 1.10 bits per heavy atom. The number of aliphatic hydroxyl groups is 1. The minimum Gasteiger partial charge on any atom is -0.507 e. The molecule has 1 atom stereocenters. The van der Waals surface area contributed by atoms with Crippen molar-refractivity contribution in [2.45, 2.75) is 19.4 Å². The molecule has 152 valence electrons. The Morgan fingerprint density at radius 2 is 1.79 bits per heavy atom. The van der Waals surface area contributed by atoms with E-state index in [-0.39, 0.29) is 24.5 Å². The summed E-state index contributed by atoms with van der Waals surface area (Å²) >= 11 is 0. The molecule has 7 heteroatoms. The molecule has 1 saturated heterocycles. The molecule has 7 nitrogen and oxygen atoms in total. The third-order valence-corrected chi connectivity index (χ3v) is 4.70. The normalized spacial score (nSPS) is 18.3. The van der Waals surface area contributed by atoms with Crippen molar-refractivity contribution in [1.82, 2.24) is 9.88 Å². The minimum atomic E-state index is -0.716. The lowest BCUT2D eigenvalue weighted by Crippen LogP contribution is -2.32. The van der Waals surface area contributed by atoms with E-state index in [2.05, 4.69) is 4.98 Å². The number of ether oxygens (including phenoxy) is 2. The fourth-order valence-electron chi connectivity index (χ4n) is 3.28. The van der Waals surface area contributed by atoms with Gasteiger partial charge in [-0.25, -0.2) is 0 Å². The van der Waals surface area contributed by atoms with E-state index >= 15 is 0 Å². The predicted molar refractivity (Wildman–Crippen MR) is 107 cm³/mol. The third kappa shape index (κ3) is 4.30. The molecule has 1 fully saturated rings. The molecule has 1 amide bonds. The monoisotopic (exact) mass is 396 g/mol. The van der Waals surface area contributed by atoms with Crippen LogP contribution in [0.25, 0.3) is 5.76 Å². The van der Waals surface area contributed by atoms with Gasteiger partial charge in [-0.2, -0.15) is 0 Å². The molecule has 3 rings (SSSR count). The third-order valence-electron chi connectivity index (χ3n) is 4.70. The molecule has 2 aromatic rings. The Kier molecular flexibility index (Phi) is 6.61. The number of carbonyl (C=O) groups is 2. The summed E-state index contributed by atoms with van der Waals surface area (Å²) in [6.07, 6.45) is 4.07. The highest BCUT2D eigenvalue weighted by Gasteiger charge is 2.45. The number of aromatic nitrogens is 1. The largest absolute Gasteiger partial charge is 0.507 e. The summed E-state index contributed by atoms with van der Waals surface area (Å²) in [4.78, 5) is 30.9. The SMILES string of the molecule is CCCOc1ccc(/C(O)=C2\C(=O)C(=O)N(CCOC)C2c2ccncc2)cc1. The van der Waals surface area contributed by atoms with E-state index in [4.69, 9.17) is 9.47 Å². The van der Waals surface area contributed by atoms with Crippen LogP contribution < -0.4 is 4.74 Å². The van der Waals surface area contributed by atoms with Gasteiger partial charge in [0, 0.05) is 31.6 Å². The van der Waals surface area contributed by atoms with Crippen molar-refractivity contribution in [3.05, 3.63) is 65.5 Å². The van der Waals surface area contributed by atoms with Crippen LogP contribution in [0, 0.1) is 0 Å². The molecular weight excluding hydrogens is 372 g/mol. The molecule has 0 saturated carbocycles. The van der Waals surface area contributed by atoms with Gasteiger partial charge in [-0.3, -0.25) is 14.6 Å². The summed E-state index contributed by atoms with van der Waals surface area (Å²) in [5, 5.41) is 10.9. The number of nitrogens with zero attached hydrogens (tertiary/aromatic N) is 2. The molecule has 1 aliphatic heterocycles. The molecule has 1 aliphatic rings. The molecule has 1 aromatic heterocycles. The average molecular weight is 396 g/mol. The lowest BCUT2D eigenvalue weighted by molar-refractivity contribution is -0.140. The summed E-state index contributed by atoms with van der Waals surface area (Å²) in [7, 11) is 1.53. The van der Waals surface area contributed by atoms with Gasteiger partial charge in [0.25, 0.3) is 11.7 Å². The maximum absolute atomic E-state index is 12.8. The Bertz CT molecular complexity index is 893. The topological polar surface area (TPSA) is 89.0 Å². The molecule has 29 heavy (non-hydrogen) atoms. The van der Waals surface area contributed by atoms with Gasteiger partial charge < -0.3 is 19.5 Å². The Labute approximate surface area is 169 Å². The first-order chi connectivity index (χ1) is 14.1. The van der Waals surface area contributed by atoms with E-state index in [1.54, 1.807) is 48.8 Å². The minimum absolute atomic E-state index is 0.0551. The van der Waals surface area contributed by atoms with Crippen LogP contribution in [-0.2, 0) is 14.3 Å². The number of hydrogen-bond acceptors (Lipinski definition) is 6. The molecule has 1 unspecified atom stereocenters. The van der Waals surface area contributed by atoms with Gasteiger partial charge in [0.2, 0.25) is 0 Å². The van der Waals surface area contributed by atoms with Gasteiger partial charge in [-0.15, -0.1) is 0 Å². The van der Waals surface area contributed by atoms with Crippen molar-refractivity contribution in [1.29, 1.82) is 0 Å². The van der Waals surface area contributed by atoms with Crippen molar-refractivity contribution < 1.29 is 24.2 Å². The first kappa shape index (κ1) is 20.5. The van der Waals surface area contributed by atoms with Crippen molar-refractivity contribution in [3.8, 4) is 5.75 Å². The number of benzene rings is 1. The Morgan fingerprint density at radius 3 is 2.41 bits per heavy atom. The fourth-order valence-corrected chi connectivity index (χ4v) is 3.28. The number of pyridine rings is 1. The first-order valence-corrected chi connectivity index (χ1v) is 9.49. The van der Waals surface area contributed by atoms with Crippen LogP contribution in [-0.4, -0.2) is 53.5 Å². The number of ketones is 1. The number of methoxy groups -OCH3 is 1. The molecular formula is C22H24N2O5. The summed E-state index contributed by atoms with van der Waals surface area (Å²) in [6, 6.07) is 9.56. The van der Waals surface area contributed by atoms with Crippen molar-refractivity contribution in [3.63, 3.8) is 0 Å². The van der Waals surface area contributed by atoms with Crippen LogP contribution in [0.2, 0.25) is 0 Å². The molecule has 1 N–H and O–H groups in total. The van der Waals surface area contributed by atoms with Crippen LogP contribution in [0.5, 0.6) is 5.75 Å². The summed E-state index contributed by atoms with van der Waals surface area (Å²) in [5.41, 5.74) is 1.19. The van der Waals surface area contributed by atoms with Crippen LogP contribution in [0.1, 0.15) is 30.5 Å². The molecule has 0 bridgehead atoms. The maximum atomic E-state index is 12.8. The standard InChI is InChI=1S/C22H24N2O5/c1-3-13-29-17-6-4-16(5-7-17)20(25)18-19(15-8-10-23-11-9-15)24(12-14-28-2)22(27)21(18)26/h4-11,19,25H,3,12-14H2,1-2H3/b20-18+. The molecule has 1 aromatic carbocycles. The number of likely N-dealkylation sites (tertiary alicyclic amines) is 1. The van der Waals surface area contributed by atoms with Gasteiger partial charge in [0.1, 0.15) is 11.5 Å². The summed E-state index contributed by atoms with van der Waals surface area (Å²) in [5.74, 6) is -0.915. The quantitative estimate of drug-likeness (QED) is 0.419. The number of Topliss-reactive ketones (excluding diaryl/α,β-unsaturated/α-hetero) is 1. The lowest BCUT2D eigenvalue weighted by atomic mass is 9.96. The average Bonchev–Trinajstić information content (AvgIpc) is 3.01. The summed E-state index contributed by atoms with van der Waals surface area (Å²) in [6.45, 7) is 3.12. The lowest BCUT2D eigenvalue weighted by Gasteiger charge is -2.24. The second kappa shape index (κ2) is 9.34. The van der Waals surface area contributed by atoms with E-state index < -0.39 is 17.7 Å². The van der Waals surface area contributed by atoms with Gasteiger partial charge >= 0.3 is 0 Å². The van der Waals surface area contributed by atoms with Crippen LogP contribution in [0.15, 0.2) is 54.4 Å². The first-order valence-electron chi connectivity index (χ1n) is 9.49. The Balaban J connectivity index is 2.03. The molecule has 0 aliphatic carbocycles. The fraction of sp³-hybridized carbons (Fsp3) is 0.318. The van der Waals surface area contributed by atoms with E-state index in [0.29, 0.717) is 23.5 Å². The highest BCUT2D eigenvalue weighted by atomic mass is 16.5. The zero-order valence-electron chi connectivity index (χ0n) is 16.5. The van der Waals surface area contributed by atoms with Gasteiger partial charge in [0.05, 0.1) is 24.8 Å². The van der Waals surface area contributed by atoms with Crippen LogP contribution in [0.3, 0.4) is 0 Å². The second-order valence-electron chi connectivity index (χ2n) is 6.64. The number of aliphatic hydroxyl groups excluding tert-OH is 1.